The molecule has 0 saturated carbocycles. The number of hydrogen-bond acceptors (Lipinski definition) is 6. The Morgan fingerprint density at radius 1 is 0.931 bits per heavy atom. The lowest BCUT2D eigenvalue weighted by Gasteiger charge is -2.19. The molecule has 0 fully saturated rings. The molecule has 29 heavy (non-hydrogen) atoms. The Morgan fingerprint density at radius 3 is 2.28 bits per heavy atom. The second kappa shape index (κ2) is 10.3. The third-order valence-electron chi connectivity index (χ3n) is 3.55. The fraction of sp³-hybridized carbons (Fsp3) is 0.304. The van der Waals surface area contributed by atoms with Crippen molar-refractivity contribution in [2.75, 3.05) is 5.32 Å². The highest BCUT2D eigenvalue weighted by molar-refractivity contribution is 5.88. The first-order chi connectivity index (χ1) is 13.9. The SMILES string of the molecule is CC.CC(C)(C)OC(=O)c1cccc(-c2cccc(NCc3ccccn3)n2)n1. The molecule has 0 saturated heterocycles. The second-order valence-electron chi connectivity index (χ2n) is 6.99. The fourth-order valence-corrected chi connectivity index (χ4v) is 2.38. The lowest BCUT2D eigenvalue weighted by molar-refractivity contribution is 0.00630. The van der Waals surface area contributed by atoms with Crippen LogP contribution in [0.15, 0.2) is 60.8 Å². The van der Waals surface area contributed by atoms with Gasteiger partial charge in [0.2, 0.25) is 0 Å². The van der Waals surface area contributed by atoms with Crippen molar-refractivity contribution in [3.05, 3.63) is 72.2 Å². The van der Waals surface area contributed by atoms with Crippen molar-refractivity contribution in [1.29, 1.82) is 0 Å². The maximum Gasteiger partial charge on any atom is 0.357 e. The molecule has 0 spiro atoms. The molecule has 6 nitrogen and oxygen atoms in total. The average Bonchev–Trinajstić information content (AvgIpc) is 2.74. The lowest BCUT2D eigenvalue weighted by atomic mass is 10.2. The van der Waals surface area contributed by atoms with Gasteiger partial charge in [0.25, 0.3) is 0 Å². The molecule has 6 heteroatoms. The predicted molar refractivity (Wildman–Crippen MR) is 116 cm³/mol. The summed E-state index contributed by atoms with van der Waals surface area (Å²) in [7, 11) is 0. The van der Waals surface area contributed by atoms with Crippen molar-refractivity contribution in [2.45, 2.75) is 46.8 Å². The summed E-state index contributed by atoms with van der Waals surface area (Å²) in [4.78, 5) is 25.5. The van der Waals surface area contributed by atoms with Gasteiger partial charge in [-0.05, 0) is 57.2 Å². The van der Waals surface area contributed by atoms with Gasteiger partial charge in [0, 0.05) is 6.20 Å². The van der Waals surface area contributed by atoms with Crippen molar-refractivity contribution < 1.29 is 9.53 Å². The molecule has 0 atom stereocenters. The maximum atomic E-state index is 12.2. The van der Waals surface area contributed by atoms with Gasteiger partial charge < -0.3 is 10.1 Å². The molecule has 0 aliphatic carbocycles. The number of ether oxygens (including phenoxy) is 1. The minimum absolute atomic E-state index is 0.260. The number of carbonyl (C=O) groups is 1. The number of aromatic nitrogens is 3. The number of anilines is 1. The van der Waals surface area contributed by atoms with Crippen molar-refractivity contribution in [3.8, 4) is 11.4 Å². The molecule has 0 amide bonds. The normalized spacial score (nSPS) is 10.5. The van der Waals surface area contributed by atoms with E-state index >= 15 is 0 Å². The Bertz CT molecular complexity index is 921. The van der Waals surface area contributed by atoms with Gasteiger partial charge in [0.05, 0.1) is 23.6 Å². The van der Waals surface area contributed by atoms with Crippen molar-refractivity contribution in [1.82, 2.24) is 15.0 Å². The first kappa shape index (κ1) is 22.0. The van der Waals surface area contributed by atoms with Crippen LogP contribution in [-0.4, -0.2) is 26.5 Å². The second-order valence-corrected chi connectivity index (χ2v) is 6.99. The highest BCUT2D eigenvalue weighted by atomic mass is 16.6. The molecular formula is C23H28N4O2. The van der Waals surface area contributed by atoms with Crippen LogP contribution in [0.1, 0.15) is 50.8 Å². The number of nitrogens with one attached hydrogen (secondary N) is 1. The summed E-state index contributed by atoms with van der Waals surface area (Å²) in [5, 5.41) is 3.25. The first-order valence-corrected chi connectivity index (χ1v) is 9.72. The highest BCUT2D eigenvalue weighted by Gasteiger charge is 2.19. The smallest absolute Gasteiger partial charge is 0.357 e. The standard InChI is InChI=1S/C21H22N4O2.C2H6/c1-21(2,3)27-20(26)18-11-6-9-16(24-18)17-10-7-12-19(25-17)23-14-15-8-4-5-13-22-15;1-2/h4-13H,14H2,1-3H3,(H,23,25);1-2H3. The Morgan fingerprint density at radius 2 is 1.62 bits per heavy atom. The van der Waals surface area contributed by atoms with Crippen LogP contribution in [0.2, 0.25) is 0 Å². The van der Waals surface area contributed by atoms with Crippen LogP contribution >= 0.6 is 0 Å². The maximum absolute atomic E-state index is 12.2. The van der Waals surface area contributed by atoms with Gasteiger partial charge in [-0.1, -0.05) is 32.0 Å². The predicted octanol–water partition coefficient (Wildman–Crippen LogP) is 5.13. The van der Waals surface area contributed by atoms with Gasteiger partial charge in [0.15, 0.2) is 0 Å². The molecule has 3 heterocycles. The molecule has 0 aromatic carbocycles. The summed E-state index contributed by atoms with van der Waals surface area (Å²) in [5.74, 6) is 0.261. The highest BCUT2D eigenvalue weighted by Crippen LogP contribution is 2.19. The molecule has 0 radical (unpaired) electrons. The van der Waals surface area contributed by atoms with E-state index in [4.69, 9.17) is 4.74 Å². The van der Waals surface area contributed by atoms with Crippen LogP contribution in [-0.2, 0) is 11.3 Å². The molecule has 0 aliphatic rings. The Balaban J connectivity index is 0.00000145. The van der Waals surface area contributed by atoms with Crippen LogP contribution in [0, 0.1) is 0 Å². The molecule has 152 valence electrons. The minimum Gasteiger partial charge on any atom is -0.455 e. The molecule has 0 unspecified atom stereocenters. The summed E-state index contributed by atoms with van der Waals surface area (Å²) in [5.41, 5.74) is 1.90. The molecule has 3 aromatic heterocycles. The number of carbonyl (C=O) groups excluding carboxylic acids is 1. The van der Waals surface area contributed by atoms with Gasteiger partial charge in [-0.3, -0.25) is 4.98 Å². The van der Waals surface area contributed by atoms with Gasteiger partial charge in [0.1, 0.15) is 17.1 Å². The van der Waals surface area contributed by atoms with E-state index in [0.717, 1.165) is 5.69 Å². The fourth-order valence-electron chi connectivity index (χ4n) is 2.38. The van der Waals surface area contributed by atoms with Gasteiger partial charge in [-0.25, -0.2) is 14.8 Å². The van der Waals surface area contributed by atoms with Gasteiger partial charge in [-0.15, -0.1) is 0 Å². The van der Waals surface area contributed by atoms with Gasteiger partial charge in [-0.2, -0.15) is 0 Å². The number of esters is 1. The van der Waals surface area contributed by atoms with E-state index in [2.05, 4.69) is 20.3 Å². The van der Waals surface area contributed by atoms with Crippen LogP contribution in [0.25, 0.3) is 11.4 Å². The summed E-state index contributed by atoms with van der Waals surface area (Å²) in [6.07, 6.45) is 1.76. The van der Waals surface area contributed by atoms with E-state index in [0.29, 0.717) is 23.8 Å². The zero-order valence-electron chi connectivity index (χ0n) is 17.6. The van der Waals surface area contributed by atoms with E-state index in [1.807, 2.05) is 77.1 Å². The summed E-state index contributed by atoms with van der Waals surface area (Å²) in [6.45, 7) is 10.1. The van der Waals surface area contributed by atoms with Crippen molar-refractivity contribution in [2.24, 2.45) is 0 Å². The minimum atomic E-state index is -0.567. The summed E-state index contributed by atoms with van der Waals surface area (Å²) in [6, 6.07) is 16.6. The van der Waals surface area contributed by atoms with Crippen LogP contribution in [0.3, 0.4) is 0 Å². The topological polar surface area (TPSA) is 77.0 Å². The number of rotatable bonds is 5. The monoisotopic (exact) mass is 392 g/mol. The number of nitrogens with zero attached hydrogens (tertiary/aromatic N) is 3. The van der Waals surface area contributed by atoms with E-state index in [9.17, 15) is 4.79 Å². The molecule has 3 aromatic rings. The Hall–Kier alpha value is -3.28. The molecule has 0 bridgehead atoms. The Kier molecular flexibility index (Phi) is 7.83. The van der Waals surface area contributed by atoms with Crippen molar-refractivity contribution >= 4 is 11.8 Å². The van der Waals surface area contributed by atoms with Crippen molar-refractivity contribution in [3.63, 3.8) is 0 Å². The quantitative estimate of drug-likeness (QED) is 0.606. The molecule has 3 rings (SSSR count). The third-order valence-corrected chi connectivity index (χ3v) is 3.55. The average molecular weight is 393 g/mol. The molecule has 0 aliphatic heterocycles. The lowest BCUT2D eigenvalue weighted by Crippen LogP contribution is -2.24. The van der Waals surface area contributed by atoms with Crippen LogP contribution in [0.4, 0.5) is 5.82 Å². The molecular weight excluding hydrogens is 364 g/mol. The van der Waals surface area contributed by atoms with E-state index in [-0.39, 0.29) is 5.69 Å². The Labute approximate surface area is 172 Å². The zero-order valence-corrected chi connectivity index (χ0v) is 17.6. The molecule has 1 N–H and O–H groups in total. The largest absolute Gasteiger partial charge is 0.455 e. The van der Waals surface area contributed by atoms with E-state index in [1.54, 1.807) is 18.3 Å². The van der Waals surface area contributed by atoms with E-state index < -0.39 is 11.6 Å². The van der Waals surface area contributed by atoms with Gasteiger partial charge >= 0.3 is 5.97 Å². The zero-order chi connectivity index (χ0) is 21.3. The van der Waals surface area contributed by atoms with Crippen LogP contribution in [0.5, 0.6) is 0 Å². The van der Waals surface area contributed by atoms with Crippen LogP contribution < -0.4 is 5.32 Å². The summed E-state index contributed by atoms with van der Waals surface area (Å²) >= 11 is 0. The third kappa shape index (κ3) is 6.99. The summed E-state index contributed by atoms with van der Waals surface area (Å²) < 4.78 is 5.38. The first-order valence-electron chi connectivity index (χ1n) is 9.72. The van der Waals surface area contributed by atoms with E-state index in [1.165, 1.54) is 0 Å². The number of pyridine rings is 3. The number of hydrogen-bond donors (Lipinski definition) is 1.